The van der Waals surface area contributed by atoms with Crippen molar-refractivity contribution in [3.8, 4) is 0 Å². The van der Waals surface area contributed by atoms with Gasteiger partial charge in [0.1, 0.15) is 5.78 Å². The highest BCUT2D eigenvalue weighted by molar-refractivity contribution is 5.78. The molecule has 3 heteroatoms. The molecule has 0 radical (unpaired) electrons. The van der Waals surface area contributed by atoms with Gasteiger partial charge in [0.05, 0.1) is 19.3 Å². The summed E-state index contributed by atoms with van der Waals surface area (Å²) in [4.78, 5) is 11.4. The summed E-state index contributed by atoms with van der Waals surface area (Å²) >= 11 is 0. The van der Waals surface area contributed by atoms with E-state index in [2.05, 4.69) is 0 Å². The third-order valence-corrected chi connectivity index (χ3v) is 2.69. The van der Waals surface area contributed by atoms with Crippen LogP contribution in [0.4, 0.5) is 0 Å². The van der Waals surface area contributed by atoms with Crippen LogP contribution in [0.2, 0.25) is 0 Å². The van der Waals surface area contributed by atoms with E-state index in [9.17, 15) is 9.90 Å². The summed E-state index contributed by atoms with van der Waals surface area (Å²) in [6, 6.07) is 9.79. The minimum atomic E-state index is -0.682. The topological polar surface area (TPSA) is 46.5 Å². The molecule has 3 nitrogen and oxygen atoms in total. The highest BCUT2D eigenvalue weighted by atomic mass is 16.5. The van der Waals surface area contributed by atoms with Gasteiger partial charge in [0.15, 0.2) is 0 Å². The van der Waals surface area contributed by atoms with Crippen molar-refractivity contribution in [3.63, 3.8) is 0 Å². The Hall–Kier alpha value is -1.19. The molecule has 0 unspecified atom stereocenters. The third-order valence-electron chi connectivity index (χ3n) is 2.69. The van der Waals surface area contributed by atoms with E-state index < -0.39 is 6.10 Å². The number of rotatable bonds is 9. The van der Waals surface area contributed by atoms with Gasteiger partial charge in [0.2, 0.25) is 0 Å². The first-order valence-corrected chi connectivity index (χ1v) is 6.53. The second-order valence-electron chi connectivity index (χ2n) is 4.50. The Balaban J connectivity index is 2.13. The van der Waals surface area contributed by atoms with Gasteiger partial charge < -0.3 is 9.84 Å². The fraction of sp³-hybridized carbons (Fsp3) is 0.533. The molecule has 0 saturated heterocycles. The summed E-state index contributed by atoms with van der Waals surface area (Å²) in [6.45, 7) is 2.74. The SMILES string of the molecule is CCCCC(=O)C[C@H](O)COCc1ccccc1. The molecular weight excluding hydrogens is 228 g/mol. The first-order valence-electron chi connectivity index (χ1n) is 6.53. The first-order chi connectivity index (χ1) is 8.72. The number of hydrogen-bond donors (Lipinski definition) is 1. The average molecular weight is 250 g/mol. The molecule has 18 heavy (non-hydrogen) atoms. The maximum atomic E-state index is 11.4. The van der Waals surface area contributed by atoms with E-state index >= 15 is 0 Å². The molecule has 100 valence electrons. The summed E-state index contributed by atoms with van der Waals surface area (Å²) in [7, 11) is 0. The van der Waals surface area contributed by atoms with Crippen LogP contribution in [-0.2, 0) is 16.1 Å². The fourth-order valence-electron chi connectivity index (χ4n) is 1.68. The van der Waals surface area contributed by atoms with E-state index in [4.69, 9.17) is 4.74 Å². The van der Waals surface area contributed by atoms with E-state index in [0.717, 1.165) is 18.4 Å². The van der Waals surface area contributed by atoms with Crippen LogP contribution in [0.3, 0.4) is 0 Å². The lowest BCUT2D eigenvalue weighted by Gasteiger charge is -2.10. The van der Waals surface area contributed by atoms with Crippen molar-refractivity contribution in [3.05, 3.63) is 35.9 Å². The zero-order valence-corrected chi connectivity index (χ0v) is 11.0. The van der Waals surface area contributed by atoms with Gasteiger partial charge in [-0.3, -0.25) is 4.79 Å². The molecule has 0 aromatic heterocycles. The summed E-state index contributed by atoms with van der Waals surface area (Å²) in [5.74, 6) is 0.118. The van der Waals surface area contributed by atoms with Crippen molar-refractivity contribution >= 4 is 5.78 Å². The van der Waals surface area contributed by atoms with E-state index in [1.165, 1.54) is 0 Å². The molecule has 0 heterocycles. The summed E-state index contributed by atoms with van der Waals surface area (Å²) in [5.41, 5.74) is 1.07. The van der Waals surface area contributed by atoms with E-state index in [1.54, 1.807) is 0 Å². The van der Waals surface area contributed by atoms with Crippen molar-refractivity contribution in [1.82, 2.24) is 0 Å². The Morgan fingerprint density at radius 2 is 2.06 bits per heavy atom. The van der Waals surface area contributed by atoms with Crippen LogP contribution in [0, 0.1) is 0 Å². The summed E-state index contributed by atoms with van der Waals surface area (Å²) < 4.78 is 5.38. The molecule has 1 aromatic rings. The lowest BCUT2D eigenvalue weighted by molar-refractivity contribution is -0.122. The Labute approximate surface area is 109 Å². The fourth-order valence-corrected chi connectivity index (χ4v) is 1.68. The monoisotopic (exact) mass is 250 g/mol. The number of unbranched alkanes of at least 4 members (excludes halogenated alkanes) is 1. The van der Waals surface area contributed by atoms with Gasteiger partial charge in [-0.2, -0.15) is 0 Å². The lowest BCUT2D eigenvalue weighted by Crippen LogP contribution is -2.19. The summed E-state index contributed by atoms with van der Waals surface area (Å²) in [6.07, 6.45) is 1.99. The Kier molecular flexibility index (Phi) is 7.30. The molecule has 0 bridgehead atoms. The molecule has 0 aliphatic heterocycles. The molecule has 1 aromatic carbocycles. The molecule has 0 spiro atoms. The van der Waals surface area contributed by atoms with Gasteiger partial charge in [0.25, 0.3) is 0 Å². The normalized spacial score (nSPS) is 12.3. The second kappa shape index (κ2) is 8.84. The number of Topliss-reactive ketones (excluding diaryl/α,β-unsaturated/α-hetero) is 1. The lowest BCUT2D eigenvalue weighted by atomic mass is 10.1. The number of aliphatic hydroxyl groups is 1. The Morgan fingerprint density at radius 3 is 2.72 bits per heavy atom. The number of ether oxygens (including phenoxy) is 1. The smallest absolute Gasteiger partial charge is 0.135 e. The van der Waals surface area contributed by atoms with Gasteiger partial charge in [-0.05, 0) is 12.0 Å². The van der Waals surface area contributed by atoms with Gasteiger partial charge in [-0.25, -0.2) is 0 Å². The zero-order chi connectivity index (χ0) is 13.2. The number of benzene rings is 1. The number of ketones is 1. The maximum absolute atomic E-state index is 11.4. The largest absolute Gasteiger partial charge is 0.390 e. The van der Waals surface area contributed by atoms with Crippen LogP contribution in [-0.4, -0.2) is 23.6 Å². The molecule has 1 rings (SSSR count). The van der Waals surface area contributed by atoms with E-state index in [-0.39, 0.29) is 18.8 Å². The molecule has 0 amide bonds. The minimum absolute atomic E-state index is 0.118. The predicted octanol–water partition coefficient (Wildman–Crippen LogP) is 2.71. The number of hydrogen-bond acceptors (Lipinski definition) is 3. The number of carbonyl (C=O) groups is 1. The molecule has 0 aliphatic rings. The van der Waals surface area contributed by atoms with Gasteiger partial charge in [-0.1, -0.05) is 43.7 Å². The van der Waals surface area contributed by atoms with Gasteiger partial charge >= 0.3 is 0 Å². The average Bonchev–Trinajstić information content (AvgIpc) is 2.37. The minimum Gasteiger partial charge on any atom is -0.390 e. The van der Waals surface area contributed by atoms with Crippen molar-refractivity contribution in [2.24, 2.45) is 0 Å². The van der Waals surface area contributed by atoms with Crippen molar-refractivity contribution in [2.75, 3.05) is 6.61 Å². The van der Waals surface area contributed by atoms with Crippen LogP contribution in [0.1, 0.15) is 38.2 Å². The Bertz CT molecular complexity index is 335. The van der Waals surface area contributed by atoms with Crippen LogP contribution in [0.25, 0.3) is 0 Å². The van der Waals surface area contributed by atoms with Crippen molar-refractivity contribution in [2.45, 2.75) is 45.3 Å². The van der Waals surface area contributed by atoms with E-state index in [1.807, 2.05) is 37.3 Å². The predicted molar refractivity (Wildman–Crippen MR) is 71.3 cm³/mol. The zero-order valence-electron chi connectivity index (χ0n) is 11.0. The summed E-state index contributed by atoms with van der Waals surface area (Å²) in [5, 5.41) is 9.65. The quantitative estimate of drug-likeness (QED) is 0.733. The molecule has 1 N–H and O–H groups in total. The van der Waals surface area contributed by atoms with Crippen LogP contribution in [0.15, 0.2) is 30.3 Å². The third kappa shape index (κ3) is 6.52. The highest BCUT2D eigenvalue weighted by Crippen LogP contribution is 2.05. The second-order valence-corrected chi connectivity index (χ2v) is 4.50. The van der Waals surface area contributed by atoms with Gasteiger partial charge in [-0.15, -0.1) is 0 Å². The molecule has 0 fully saturated rings. The number of aliphatic hydroxyl groups excluding tert-OH is 1. The van der Waals surface area contributed by atoms with E-state index in [0.29, 0.717) is 13.0 Å². The first kappa shape index (κ1) is 14.9. The highest BCUT2D eigenvalue weighted by Gasteiger charge is 2.10. The number of carbonyl (C=O) groups excluding carboxylic acids is 1. The molecule has 0 saturated carbocycles. The Morgan fingerprint density at radius 1 is 1.33 bits per heavy atom. The molecule has 0 aliphatic carbocycles. The van der Waals surface area contributed by atoms with Crippen molar-refractivity contribution in [1.29, 1.82) is 0 Å². The van der Waals surface area contributed by atoms with Crippen LogP contribution < -0.4 is 0 Å². The van der Waals surface area contributed by atoms with Crippen LogP contribution >= 0.6 is 0 Å². The van der Waals surface area contributed by atoms with Gasteiger partial charge in [0, 0.05) is 12.8 Å². The van der Waals surface area contributed by atoms with Crippen molar-refractivity contribution < 1.29 is 14.6 Å². The van der Waals surface area contributed by atoms with Crippen LogP contribution in [0.5, 0.6) is 0 Å². The standard InChI is InChI=1S/C15H22O3/c1-2-3-9-14(16)10-15(17)12-18-11-13-7-5-4-6-8-13/h4-8,15,17H,2-3,9-12H2,1H3/t15-/m0/s1. The molecular formula is C15H22O3. The maximum Gasteiger partial charge on any atom is 0.135 e. The molecule has 1 atom stereocenters.